The maximum Gasteiger partial charge on any atom is 0.326 e. The van der Waals surface area contributed by atoms with Crippen LogP contribution in [0.1, 0.15) is 18.4 Å². The Kier molecular flexibility index (Phi) is 5.00. The maximum absolute atomic E-state index is 11.3. The molecule has 0 bridgehead atoms. The van der Waals surface area contributed by atoms with Crippen molar-refractivity contribution in [1.82, 2.24) is 15.0 Å². The number of carboxylic acid groups (broad SMARTS) is 1. The van der Waals surface area contributed by atoms with E-state index in [1.807, 2.05) is 0 Å². The van der Waals surface area contributed by atoms with Crippen molar-refractivity contribution >= 4 is 33.6 Å². The minimum atomic E-state index is -3.63. The average Bonchev–Trinajstić information content (AvgIpc) is 3.04. The highest BCUT2D eigenvalue weighted by atomic mass is 32.2. The van der Waals surface area contributed by atoms with E-state index in [1.54, 1.807) is 29.2 Å². The predicted molar refractivity (Wildman–Crippen MR) is 94.4 cm³/mol. The molecule has 1 aromatic heterocycles. The number of aromatic nitrogens is 3. The summed E-state index contributed by atoms with van der Waals surface area (Å²) < 4.78 is 22.4. The summed E-state index contributed by atoms with van der Waals surface area (Å²) in [6.07, 6.45) is 2.59. The van der Waals surface area contributed by atoms with Gasteiger partial charge in [0.1, 0.15) is 12.4 Å². The molecular weight excluding hydrogens is 360 g/mol. The van der Waals surface area contributed by atoms with Crippen molar-refractivity contribution < 1.29 is 18.3 Å². The number of nitrogens with one attached hydrogen (secondary N) is 1. The summed E-state index contributed by atoms with van der Waals surface area (Å²) in [4.78, 5) is 25.3. The number of anilines is 3. The van der Waals surface area contributed by atoms with Gasteiger partial charge < -0.3 is 15.3 Å². The van der Waals surface area contributed by atoms with Gasteiger partial charge in [0, 0.05) is 12.2 Å². The molecular formula is C15H18N6O4S. The standard InChI is InChI=1S/C15H18N6O4S/c16-26(24,25)8-10-3-1-4-11(7-10)19-14-17-9-18-15(20-14)21-6-2-5-12(21)13(22)23/h1,3-4,7,9,12H,2,5-6,8H2,(H,22,23)(H2,16,24,25)(H,17,18,19,20)/t12-/m1/s1. The molecule has 0 aliphatic carbocycles. The van der Waals surface area contributed by atoms with Gasteiger partial charge in [-0.15, -0.1) is 0 Å². The van der Waals surface area contributed by atoms with Crippen LogP contribution in [-0.2, 0) is 20.6 Å². The smallest absolute Gasteiger partial charge is 0.326 e. The normalized spacial score (nSPS) is 17.3. The molecule has 1 fully saturated rings. The Morgan fingerprint density at radius 1 is 1.38 bits per heavy atom. The van der Waals surface area contributed by atoms with E-state index >= 15 is 0 Å². The average molecular weight is 378 g/mol. The fraction of sp³-hybridized carbons (Fsp3) is 0.333. The van der Waals surface area contributed by atoms with E-state index in [2.05, 4.69) is 20.3 Å². The summed E-state index contributed by atoms with van der Waals surface area (Å²) in [5, 5.41) is 17.3. The summed E-state index contributed by atoms with van der Waals surface area (Å²) in [5.74, 6) is -0.668. The molecule has 1 aliphatic heterocycles. The van der Waals surface area contributed by atoms with Crippen LogP contribution < -0.4 is 15.4 Å². The number of primary sulfonamides is 1. The molecule has 4 N–H and O–H groups in total. The summed E-state index contributed by atoms with van der Waals surface area (Å²) in [6.45, 7) is 0.560. The molecule has 1 saturated heterocycles. The Balaban J connectivity index is 1.79. The quantitative estimate of drug-likeness (QED) is 0.651. The van der Waals surface area contributed by atoms with Gasteiger partial charge in [-0.3, -0.25) is 0 Å². The number of aliphatic carboxylic acids is 1. The number of carboxylic acids is 1. The molecule has 1 atom stereocenters. The van der Waals surface area contributed by atoms with Crippen LogP contribution in [0.25, 0.3) is 0 Å². The lowest BCUT2D eigenvalue weighted by Crippen LogP contribution is -2.37. The molecule has 0 amide bonds. The maximum atomic E-state index is 11.3. The van der Waals surface area contributed by atoms with Gasteiger partial charge in [0.25, 0.3) is 0 Å². The first kappa shape index (κ1) is 18.0. The number of nitrogens with two attached hydrogens (primary N) is 1. The van der Waals surface area contributed by atoms with Crippen LogP contribution in [0.2, 0.25) is 0 Å². The molecule has 2 aromatic rings. The summed E-state index contributed by atoms with van der Waals surface area (Å²) in [5.41, 5.74) is 1.11. The number of nitrogens with zero attached hydrogens (tertiary/aromatic N) is 4. The van der Waals surface area contributed by atoms with Crippen molar-refractivity contribution in [2.24, 2.45) is 5.14 Å². The number of sulfonamides is 1. The highest BCUT2D eigenvalue weighted by Gasteiger charge is 2.32. The number of benzene rings is 1. The molecule has 0 spiro atoms. The van der Waals surface area contributed by atoms with Crippen molar-refractivity contribution in [1.29, 1.82) is 0 Å². The molecule has 1 aromatic carbocycles. The monoisotopic (exact) mass is 378 g/mol. The van der Waals surface area contributed by atoms with E-state index in [4.69, 9.17) is 5.14 Å². The van der Waals surface area contributed by atoms with Crippen molar-refractivity contribution in [3.8, 4) is 0 Å². The Hall–Kier alpha value is -2.79. The largest absolute Gasteiger partial charge is 0.480 e. The van der Waals surface area contributed by atoms with Gasteiger partial charge in [-0.25, -0.2) is 28.3 Å². The molecule has 138 valence electrons. The lowest BCUT2D eigenvalue weighted by molar-refractivity contribution is -0.138. The predicted octanol–water partition coefficient (Wildman–Crippen LogP) is 0.457. The van der Waals surface area contributed by atoms with Crippen LogP contribution in [0, 0.1) is 0 Å². The third-order valence-corrected chi connectivity index (χ3v) is 4.64. The van der Waals surface area contributed by atoms with Crippen molar-refractivity contribution in [3.63, 3.8) is 0 Å². The van der Waals surface area contributed by atoms with Gasteiger partial charge in [-0.1, -0.05) is 12.1 Å². The second-order valence-corrected chi connectivity index (χ2v) is 7.55. The van der Waals surface area contributed by atoms with Crippen molar-refractivity contribution in [3.05, 3.63) is 36.2 Å². The molecule has 10 nitrogen and oxygen atoms in total. The third-order valence-electron chi connectivity index (χ3n) is 3.90. The van der Waals surface area contributed by atoms with Crippen LogP contribution in [0.5, 0.6) is 0 Å². The van der Waals surface area contributed by atoms with E-state index in [-0.39, 0.29) is 17.6 Å². The first-order valence-electron chi connectivity index (χ1n) is 7.87. The zero-order chi connectivity index (χ0) is 18.7. The first-order chi connectivity index (χ1) is 12.3. The van der Waals surface area contributed by atoms with Gasteiger partial charge >= 0.3 is 5.97 Å². The zero-order valence-corrected chi connectivity index (χ0v) is 14.6. The van der Waals surface area contributed by atoms with Gasteiger partial charge in [0.05, 0.1) is 5.75 Å². The summed E-state index contributed by atoms with van der Waals surface area (Å²) >= 11 is 0. The van der Waals surface area contributed by atoms with E-state index in [1.165, 1.54) is 6.33 Å². The van der Waals surface area contributed by atoms with E-state index in [9.17, 15) is 18.3 Å². The van der Waals surface area contributed by atoms with Gasteiger partial charge in [0.2, 0.25) is 21.9 Å². The minimum Gasteiger partial charge on any atom is -0.480 e. The van der Waals surface area contributed by atoms with Gasteiger partial charge in [-0.05, 0) is 30.5 Å². The van der Waals surface area contributed by atoms with Crippen LogP contribution >= 0.6 is 0 Å². The van der Waals surface area contributed by atoms with E-state index < -0.39 is 22.0 Å². The molecule has 0 unspecified atom stereocenters. The second kappa shape index (κ2) is 7.22. The second-order valence-electron chi connectivity index (χ2n) is 5.93. The van der Waals surface area contributed by atoms with Crippen LogP contribution in [0.3, 0.4) is 0 Å². The van der Waals surface area contributed by atoms with Crippen molar-refractivity contribution in [2.45, 2.75) is 24.6 Å². The molecule has 3 rings (SSSR count). The number of carbonyl (C=O) groups is 1. The fourth-order valence-electron chi connectivity index (χ4n) is 2.85. The molecule has 1 aliphatic rings. The number of hydrogen-bond acceptors (Lipinski definition) is 8. The van der Waals surface area contributed by atoms with Gasteiger partial charge in [-0.2, -0.15) is 4.98 Å². The Morgan fingerprint density at radius 3 is 2.92 bits per heavy atom. The molecule has 0 radical (unpaired) electrons. The molecule has 26 heavy (non-hydrogen) atoms. The SMILES string of the molecule is NS(=O)(=O)Cc1cccc(Nc2ncnc(N3CCC[C@@H]3C(=O)O)n2)c1. The van der Waals surface area contributed by atoms with Crippen LogP contribution in [0.15, 0.2) is 30.6 Å². The topological polar surface area (TPSA) is 151 Å². The van der Waals surface area contributed by atoms with Gasteiger partial charge in [0.15, 0.2) is 0 Å². The van der Waals surface area contributed by atoms with Crippen LogP contribution in [-0.4, -0.2) is 47.0 Å². The summed E-state index contributed by atoms with van der Waals surface area (Å²) in [6, 6.07) is 6.04. The first-order valence-corrected chi connectivity index (χ1v) is 9.58. The lowest BCUT2D eigenvalue weighted by atomic mass is 10.2. The zero-order valence-electron chi connectivity index (χ0n) is 13.7. The Bertz CT molecular complexity index is 920. The van der Waals surface area contributed by atoms with E-state index in [0.717, 1.165) is 6.42 Å². The highest BCUT2D eigenvalue weighted by Crippen LogP contribution is 2.23. The van der Waals surface area contributed by atoms with Crippen molar-refractivity contribution in [2.75, 3.05) is 16.8 Å². The minimum absolute atomic E-state index is 0.235. The van der Waals surface area contributed by atoms with Crippen LogP contribution in [0.4, 0.5) is 17.6 Å². The Labute approximate surface area is 150 Å². The number of hydrogen-bond donors (Lipinski definition) is 3. The van der Waals surface area contributed by atoms with E-state index in [0.29, 0.717) is 24.2 Å². The summed E-state index contributed by atoms with van der Waals surface area (Å²) in [7, 11) is -3.63. The number of rotatable bonds is 6. The third kappa shape index (κ3) is 4.43. The fourth-order valence-corrected chi connectivity index (χ4v) is 3.49. The highest BCUT2D eigenvalue weighted by molar-refractivity contribution is 7.88. The molecule has 0 saturated carbocycles. The lowest BCUT2D eigenvalue weighted by Gasteiger charge is -2.21. The molecule has 11 heteroatoms. The molecule has 2 heterocycles. The Morgan fingerprint density at radius 2 is 2.19 bits per heavy atom.